The van der Waals surface area contributed by atoms with Gasteiger partial charge in [-0.15, -0.1) is 0 Å². The molecule has 160 valence electrons. The number of aliphatic imine (C=N–C) groups is 1. The minimum absolute atomic E-state index is 0.225. The van der Waals surface area contributed by atoms with Crippen LogP contribution in [0.5, 0.6) is 11.5 Å². The molecule has 3 heterocycles. The number of amidine groups is 1. The number of aryl methyl sites for hydroxylation is 1. The van der Waals surface area contributed by atoms with Gasteiger partial charge in [0.2, 0.25) is 6.79 Å². The Bertz CT molecular complexity index is 943. The van der Waals surface area contributed by atoms with E-state index >= 15 is 0 Å². The Morgan fingerprint density at radius 2 is 2.23 bits per heavy atom. The second-order valence-corrected chi connectivity index (χ2v) is 6.87. The zero-order chi connectivity index (χ0) is 20.9. The fourth-order valence-corrected chi connectivity index (χ4v) is 3.21. The molecule has 0 bridgehead atoms. The summed E-state index contributed by atoms with van der Waals surface area (Å²) < 4.78 is 17.8. The van der Waals surface area contributed by atoms with Gasteiger partial charge in [0, 0.05) is 13.1 Å². The normalized spacial score (nSPS) is 16.4. The Balaban J connectivity index is 1.16. The number of anilines is 1. The number of ether oxygens (including phenoxy) is 3. The number of benzene rings is 1. The summed E-state index contributed by atoms with van der Waals surface area (Å²) in [6, 6.07) is 5.55. The molecule has 0 saturated carbocycles. The van der Waals surface area contributed by atoms with E-state index in [2.05, 4.69) is 25.9 Å². The minimum atomic E-state index is -0.449. The van der Waals surface area contributed by atoms with Gasteiger partial charge in [-0.1, -0.05) is 6.07 Å². The van der Waals surface area contributed by atoms with Crippen LogP contribution >= 0.6 is 0 Å². The van der Waals surface area contributed by atoms with Crippen molar-refractivity contribution in [3.8, 4) is 11.5 Å². The number of alkyl carbamates (subject to hydrolysis) is 1. The summed E-state index contributed by atoms with van der Waals surface area (Å²) in [5.41, 5.74) is 7.52. The number of aromatic nitrogens is 2. The number of carbonyl (C=O) groups is 1. The molecule has 0 saturated heterocycles. The number of amides is 1. The fourth-order valence-electron chi connectivity index (χ4n) is 3.21. The third kappa shape index (κ3) is 4.40. The Morgan fingerprint density at radius 1 is 1.37 bits per heavy atom. The van der Waals surface area contributed by atoms with Crippen LogP contribution in [0, 0.1) is 0 Å². The van der Waals surface area contributed by atoms with Gasteiger partial charge in [0.15, 0.2) is 23.6 Å². The van der Waals surface area contributed by atoms with Gasteiger partial charge in [0.1, 0.15) is 11.5 Å². The molecular weight excluding hydrogens is 390 g/mol. The number of unbranched alkanes of at least 4 members (excludes halogenated alkanes) is 1. The molecule has 1 aromatic carbocycles. The van der Waals surface area contributed by atoms with Crippen LogP contribution in [0.25, 0.3) is 0 Å². The number of rotatable bonds is 8. The average Bonchev–Trinajstić information content (AvgIpc) is 3.38. The zero-order valence-electron chi connectivity index (χ0n) is 16.7. The van der Waals surface area contributed by atoms with Crippen molar-refractivity contribution >= 4 is 17.7 Å². The summed E-state index contributed by atoms with van der Waals surface area (Å²) in [5.74, 6) is 2.65. The fraction of sp³-hybridized carbons (Fsp3) is 0.421. The highest BCUT2D eigenvalue weighted by Gasteiger charge is 2.22. The van der Waals surface area contributed by atoms with E-state index in [0.717, 1.165) is 30.8 Å². The van der Waals surface area contributed by atoms with Crippen molar-refractivity contribution in [3.05, 3.63) is 35.8 Å². The molecule has 1 atom stereocenters. The standard InChI is InChI=1S/C19H25N7O4/c1-21-18-24-16(20)15-17(25-18)26(10-23-15)6-2-3-7-28-19(27)22-9-12-4-5-13-14(8-12)30-11-29-13/h4-5,8,10,18,21,25H,2-3,6-7,9,11H2,1H3,(H2,20,24)(H,22,27). The molecule has 11 heteroatoms. The van der Waals surface area contributed by atoms with E-state index in [4.69, 9.17) is 19.9 Å². The number of hydrogen-bond acceptors (Lipinski definition) is 9. The quantitative estimate of drug-likeness (QED) is 0.468. The Labute approximate surface area is 173 Å². The maximum absolute atomic E-state index is 11.9. The number of imidazole rings is 1. The first kappa shape index (κ1) is 19.8. The number of nitrogens with one attached hydrogen (secondary N) is 3. The first-order valence-corrected chi connectivity index (χ1v) is 9.76. The van der Waals surface area contributed by atoms with Gasteiger partial charge < -0.3 is 35.1 Å². The van der Waals surface area contributed by atoms with Crippen LogP contribution in [-0.4, -0.2) is 48.2 Å². The smallest absolute Gasteiger partial charge is 0.407 e. The molecule has 1 aromatic heterocycles. The lowest BCUT2D eigenvalue weighted by molar-refractivity contribution is 0.143. The predicted molar refractivity (Wildman–Crippen MR) is 109 cm³/mol. The van der Waals surface area contributed by atoms with E-state index in [-0.39, 0.29) is 13.1 Å². The Kier molecular flexibility index (Phi) is 5.89. The van der Waals surface area contributed by atoms with E-state index in [9.17, 15) is 4.79 Å². The molecule has 30 heavy (non-hydrogen) atoms. The first-order valence-electron chi connectivity index (χ1n) is 9.76. The number of nitrogens with two attached hydrogens (primary N) is 1. The van der Waals surface area contributed by atoms with Crippen LogP contribution in [0.1, 0.15) is 24.1 Å². The lowest BCUT2D eigenvalue weighted by Gasteiger charge is -2.22. The van der Waals surface area contributed by atoms with Crippen molar-refractivity contribution in [2.24, 2.45) is 10.7 Å². The van der Waals surface area contributed by atoms with Gasteiger partial charge >= 0.3 is 6.09 Å². The number of fused-ring (bicyclic) bond motifs is 2. The summed E-state index contributed by atoms with van der Waals surface area (Å²) in [6.07, 6.45) is 2.56. The Morgan fingerprint density at radius 3 is 3.10 bits per heavy atom. The molecule has 0 fully saturated rings. The van der Waals surface area contributed by atoms with E-state index in [1.54, 1.807) is 13.4 Å². The van der Waals surface area contributed by atoms with Gasteiger partial charge in [0.05, 0.1) is 12.9 Å². The van der Waals surface area contributed by atoms with Crippen LogP contribution in [0.15, 0.2) is 29.5 Å². The van der Waals surface area contributed by atoms with Crippen molar-refractivity contribution in [1.29, 1.82) is 0 Å². The summed E-state index contributed by atoms with van der Waals surface area (Å²) in [6.45, 7) is 1.64. The highest BCUT2D eigenvalue weighted by atomic mass is 16.7. The van der Waals surface area contributed by atoms with E-state index in [1.165, 1.54) is 0 Å². The molecule has 11 nitrogen and oxygen atoms in total. The summed E-state index contributed by atoms with van der Waals surface area (Å²) >= 11 is 0. The maximum Gasteiger partial charge on any atom is 0.407 e. The molecule has 0 spiro atoms. The van der Waals surface area contributed by atoms with E-state index in [0.29, 0.717) is 36.2 Å². The lowest BCUT2D eigenvalue weighted by atomic mass is 10.2. The third-order valence-electron chi connectivity index (χ3n) is 4.80. The lowest BCUT2D eigenvalue weighted by Crippen LogP contribution is -2.39. The molecule has 1 unspecified atom stereocenters. The Hall–Kier alpha value is -3.47. The van der Waals surface area contributed by atoms with E-state index in [1.807, 2.05) is 22.8 Å². The molecule has 2 aliphatic rings. The predicted octanol–water partition coefficient (Wildman–Crippen LogP) is 0.952. The van der Waals surface area contributed by atoms with Gasteiger partial charge in [0.25, 0.3) is 0 Å². The molecule has 1 amide bonds. The van der Waals surface area contributed by atoms with Gasteiger partial charge in [-0.3, -0.25) is 5.32 Å². The minimum Gasteiger partial charge on any atom is -0.454 e. The van der Waals surface area contributed by atoms with Crippen molar-refractivity contribution in [3.63, 3.8) is 0 Å². The van der Waals surface area contributed by atoms with Crippen LogP contribution < -0.4 is 31.2 Å². The molecule has 4 rings (SSSR count). The second kappa shape index (κ2) is 8.91. The molecule has 0 radical (unpaired) electrons. The van der Waals surface area contributed by atoms with E-state index < -0.39 is 6.09 Å². The van der Waals surface area contributed by atoms with Gasteiger partial charge in [-0.05, 0) is 37.6 Å². The molecule has 5 N–H and O–H groups in total. The average molecular weight is 415 g/mol. The highest BCUT2D eigenvalue weighted by molar-refractivity contribution is 6.01. The SMILES string of the molecule is CNC1N=C(N)c2ncn(CCCCOC(=O)NCc3ccc4c(c3)OCO4)c2N1. The van der Waals surface area contributed by atoms with Crippen LogP contribution in [-0.2, 0) is 17.8 Å². The topological polar surface area (TPSA) is 137 Å². The largest absolute Gasteiger partial charge is 0.454 e. The summed E-state index contributed by atoms with van der Waals surface area (Å²) in [5, 5.41) is 9.00. The molecule has 0 aliphatic carbocycles. The summed E-state index contributed by atoms with van der Waals surface area (Å²) in [4.78, 5) is 20.5. The third-order valence-corrected chi connectivity index (χ3v) is 4.80. The molecule has 2 aromatic rings. The number of nitrogens with zero attached hydrogens (tertiary/aromatic N) is 3. The number of hydrogen-bond donors (Lipinski definition) is 4. The van der Waals surface area contributed by atoms with Crippen LogP contribution in [0.4, 0.5) is 10.6 Å². The first-order chi connectivity index (χ1) is 14.6. The van der Waals surface area contributed by atoms with Crippen molar-refractivity contribution in [2.75, 3.05) is 25.8 Å². The van der Waals surface area contributed by atoms with Crippen LogP contribution in [0.3, 0.4) is 0 Å². The highest BCUT2D eigenvalue weighted by Crippen LogP contribution is 2.32. The maximum atomic E-state index is 11.9. The van der Waals surface area contributed by atoms with Crippen molar-refractivity contribution in [1.82, 2.24) is 20.2 Å². The molecular formula is C19H25N7O4. The van der Waals surface area contributed by atoms with Crippen molar-refractivity contribution < 1.29 is 19.0 Å². The van der Waals surface area contributed by atoms with Crippen molar-refractivity contribution in [2.45, 2.75) is 32.2 Å². The number of carbonyl (C=O) groups excluding carboxylic acids is 1. The van der Waals surface area contributed by atoms with Gasteiger partial charge in [-0.2, -0.15) is 0 Å². The monoisotopic (exact) mass is 415 g/mol. The molecule has 2 aliphatic heterocycles. The van der Waals surface area contributed by atoms with Gasteiger partial charge in [-0.25, -0.2) is 14.8 Å². The van der Waals surface area contributed by atoms with Crippen LogP contribution in [0.2, 0.25) is 0 Å². The zero-order valence-corrected chi connectivity index (χ0v) is 16.7. The summed E-state index contributed by atoms with van der Waals surface area (Å²) in [7, 11) is 1.80. The second-order valence-electron chi connectivity index (χ2n) is 6.87.